The second-order valence-corrected chi connectivity index (χ2v) is 6.76. The minimum Gasteiger partial charge on any atom is -0.375 e. The van der Waals surface area contributed by atoms with Crippen LogP contribution in [-0.4, -0.2) is 18.0 Å². The molecule has 0 aromatic heterocycles. The van der Waals surface area contributed by atoms with Crippen molar-refractivity contribution in [2.75, 3.05) is 0 Å². The van der Waals surface area contributed by atoms with Gasteiger partial charge in [-0.05, 0) is 44.1 Å². The van der Waals surface area contributed by atoms with Gasteiger partial charge in [0.05, 0.1) is 23.7 Å². The molecular weight excluding hydrogens is 262 g/mol. The molecule has 3 heteroatoms. The summed E-state index contributed by atoms with van der Waals surface area (Å²) < 4.78 is 5.81. The van der Waals surface area contributed by atoms with E-state index in [9.17, 15) is 10.1 Å². The van der Waals surface area contributed by atoms with Gasteiger partial charge in [0.1, 0.15) is 0 Å². The number of ether oxygens (including phenoxy) is 1. The van der Waals surface area contributed by atoms with Crippen molar-refractivity contribution < 1.29 is 9.53 Å². The second-order valence-electron chi connectivity index (χ2n) is 6.76. The molecule has 2 aliphatic heterocycles. The van der Waals surface area contributed by atoms with Crippen molar-refractivity contribution in [3.63, 3.8) is 0 Å². The molecule has 108 valence electrons. The Morgan fingerprint density at radius 2 is 1.76 bits per heavy atom. The molecule has 0 amide bonds. The van der Waals surface area contributed by atoms with Crippen LogP contribution in [0.1, 0.15) is 54.4 Å². The number of nitrogens with zero attached hydrogens (tertiary/aromatic N) is 1. The lowest BCUT2D eigenvalue weighted by Crippen LogP contribution is -2.30. The fourth-order valence-corrected chi connectivity index (χ4v) is 3.85. The SMILES string of the molecule is N#CC1(c2ccc(C(=O)C3CC4CCC(C3)O4)cc2)CC1. The molecule has 2 heterocycles. The predicted octanol–water partition coefficient (Wildman–Crippen LogP) is 3.38. The Labute approximate surface area is 124 Å². The van der Waals surface area contributed by atoms with Crippen LogP contribution in [0, 0.1) is 17.2 Å². The van der Waals surface area contributed by atoms with Crippen LogP contribution in [-0.2, 0) is 10.2 Å². The zero-order chi connectivity index (χ0) is 14.4. The summed E-state index contributed by atoms with van der Waals surface area (Å²) in [5.74, 6) is 0.372. The quantitative estimate of drug-likeness (QED) is 0.798. The summed E-state index contributed by atoms with van der Waals surface area (Å²) in [6, 6.07) is 10.2. The molecule has 1 aliphatic carbocycles. The van der Waals surface area contributed by atoms with E-state index >= 15 is 0 Å². The molecule has 0 N–H and O–H groups in total. The van der Waals surface area contributed by atoms with E-state index in [1.54, 1.807) is 0 Å². The first kappa shape index (κ1) is 13.0. The van der Waals surface area contributed by atoms with E-state index in [0.717, 1.165) is 49.7 Å². The van der Waals surface area contributed by atoms with E-state index in [0.29, 0.717) is 12.2 Å². The van der Waals surface area contributed by atoms with Crippen molar-refractivity contribution >= 4 is 5.78 Å². The average molecular weight is 281 g/mol. The molecule has 21 heavy (non-hydrogen) atoms. The van der Waals surface area contributed by atoms with Gasteiger partial charge in [0, 0.05) is 11.5 Å². The van der Waals surface area contributed by atoms with Gasteiger partial charge in [0.15, 0.2) is 5.78 Å². The highest BCUT2D eigenvalue weighted by Crippen LogP contribution is 2.47. The molecular formula is C18H19NO2. The molecule has 1 aromatic rings. The van der Waals surface area contributed by atoms with Crippen molar-refractivity contribution in [2.45, 2.75) is 56.1 Å². The maximum Gasteiger partial charge on any atom is 0.166 e. The molecule has 0 spiro atoms. The van der Waals surface area contributed by atoms with Gasteiger partial charge < -0.3 is 4.74 Å². The third-order valence-corrected chi connectivity index (χ3v) is 5.35. The fraction of sp³-hybridized carbons (Fsp3) is 0.556. The van der Waals surface area contributed by atoms with Gasteiger partial charge in [0.2, 0.25) is 0 Å². The Bertz CT molecular complexity index is 597. The van der Waals surface area contributed by atoms with Crippen LogP contribution in [0.4, 0.5) is 0 Å². The van der Waals surface area contributed by atoms with E-state index in [1.165, 1.54) is 0 Å². The highest BCUT2D eigenvalue weighted by Gasteiger charge is 2.45. The first-order valence-electron chi connectivity index (χ1n) is 7.92. The zero-order valence-electron chi connectivity index (χ0n) is 12.0. The number of ketones is 1. The summed E-state index contributed by atoms with van der Waals surface area (Å²) in [4.78, 5) is 12.6. The van der Waals surface area contributed by atoms with Crippen molar-refractivity contribution in [1.82, 2.24) is 0 Å². The molecule has 2 saturated heterocycles. The van der Waals surface area contributed by atoms with Gasteiger partial charge >= 0.3 is 0 Å². The van der Waals surface area contributed by atoms with Crippen molar-refractivity contribution in [3.05, 3.63) is 35.4 Å². The maximum absolute atomic E-state index is 12.6. The average Bonchev–Trinajstić information content (AvgIpc) is 3.27. The highest BCUT2D eigenvalue weighted by molar-refractivity contribution is 5.98. The number of Topliss-reactive ketones (excluding diaryl/α,β-unsaturated/α-hetero) is 1. The molecule has 0 radical (unpaired) electrons. The largest absolute Gasteiger partial charge is 0.375 e. The first-order chi connectivity index (χ1) is 10.2. The standard InChI is InChI=1S/C18H19NO2/c19-11-18(7-8-18)14-3-1-12(2-4-14)17(20)13-9-15-5-6-16(10-13)21-15/h1-4,13,15-16H,5-10H2. The maximum atomic E-state index is 12.6. The molecule has 3 nitrogen and oxygen atoms in total. The molecule has 4 rings (SSSR count). The van der Waals surface area contributed by atoms with Crippen LogP contribution in [0.15, 0.2) is 24.3 Å². The third-order valence-electron chi connectivity index (χ3n) is 5.35. The van der Waals surface area contributed by atoms with E-state index in [4.69, 9.17) is 4.74 Å². The van der Waals surface area contributed by atoms with Gasteiger partial charge in [0.25, 0.3) is 0 Å². The van der Waals surface area contributed by atoms with Gasteiger partial charge in [-0.2, -0.15) is 5.26 Å². The van der Waals surface area contributed by atoms with Crippen molar-refractivity contribution in [3.8, 4) is 6.07 Å². The number of carbonyl (C=O) groups is 1. The lowest BCUT2D eigenvalue weighted by molar-refractivity contribution is -0.0149. The van der Waals surface area contributed by atoms with Crippen molar-refractivity contribution in [1.29, 1.82) is 5.26 Å². The number of hydrogen-bond acceptors (Lipinski definition) is 3. The van der Waals surface area contributed by atoms with E-state index < -0.39 is 0 Å². The minimum absolute atomic E-state index is 0.118. The summed E-state index contributed by atoms with van der Waals surface area (Å²) in [6.07, 6.45) is 6.45. The predicted molar refractivity (Wildman–Crippen MR) is 77.9 cm³/mol. The summed E-state index contributed by atoms with van der Waals surface area (Å²) in [5, 5.41) is 9.23. The Kier molecular flexibility index (Phi) is 2.90. The lowest BCUT2D eigenvalue weighted by atomic mass is 9.87. The Morgan fingerprint density at radius 1 is 1.14 bits per heavy atom. The Morgan fingerprint density at radius 3 is 2.29 bits per heavy atom. The van der Waals surface area contributed by atoms with E-state index in [2.05, 4.69) is 6.07 Å². The molecule has 2 unspecified atom stereocenters. The molecule has 3 fully saturated rings. The minimum atomic E-state index is -0.265. The number of nitriles is 1. The summed E-state index contributed by atoms with van der Waals surface area (Å²) in [5.41, 5.74) is 1.59. The number of hydrogen-bond donors (Lipinski definition) is 0. The van der Waals surface area contributed by atoms with Crippen LogP contribution in [0.25, 0.3) is 0 Å². The van der Waals surface area contributed by atoms with Gasteiger partial charge in [-0.1, -0.05) is 24.3 Å². The number of fused-ring (bicyclic) bond motifs is 2. The monoisotopic (exact) mass is 281 g/mol. The lowest BCUT2D eigenvalue weighted by Gasteiger charge is -2.27. The number of benzene rings is 1. The van der Waals surface area contributed by atoms with E-state index in [-0.39, 0.29) is 17.1 Å². The molecule has 3 aliphatic rings. The van der Waals surface area contributed by atoms with Gasteiger partial charge in [-0.15, -0.1) is 0 Å². The number of carbonyl (C=O) groups excluding carboxylic acids is 1. The summed E-state index contributed by atoms with van der Waals surface area (Å²) in [7, 11) is 0. The first-order valence-corrected chi connectivity index (χ1v) is 7.92. The van der Waals surface area contributed by atoms with Crippen LogP contribution >= 0.6 is 0 Å². The van der Waals surface area contributed by atoms with Gasteiger partial charge in [-0.25, -0.2) is 0 Å². The topological polar surface area (TPSA) is 50.1 Å². The highest BCUT2D eigenvalue weighted by atomic mass is 16.5. The Hall–Kier alpha value is -1.66. The second kappa shape index (κ2) is 4.68. The fourth-order valence-electron chi connectivity index (χ4n) is 3.85. The summed E-state index contributed by atoms with van der Waals surface area (Å²) in [6.45, 7) is 0. The Balaban J connectivity index is 1.51. The molecule has 1 saturated carbocycles. The molecule has 1 aromatic carbocycles. The normalized spacial score (nSPS) is 32.4. The van der Waals surface area contributed by atoms with Crippen LogP contribution in [0.2, 0.25) is 0 Å². The van der Waals surface area contributed by atoms with E-state index in [1.807, 2.05) is 24.3 Å². The number of rotatable bonds is 3. The molecule has 2 bridgehead atoms. The smallest absolute Gasteiger partial charge is 0.166 e. The summed E-state index contributed by atoms with van der Waals surface area (Å²) >= 11 is 0. The zero-order valence-corrected chi connectivity index (χ0v) is 12.0. The van der Waals surface area contributed by atoms with Crippen LogP contribution in [0.5, 0.6) is 0 Å². The van der Waals surface area contributed by atoms with Gasteiger partial charge in [-0.3, -0.25) is 4.79 Å². The van der Waals surface area contributed by atoms with Crippen LogP contribution < -0.4 is 0 Å². The molecule has 2 atom stereocenters. The van der Waals surface area contributed by atoms with Crippen LogP contribution in [0.3, 0.4) is 0 Å². The van der Waals surface area contributed by atoms with Crippen molar-refractivity contribution in [2.24, 2.45) is 5.92 Å². The third kappa shape index (κ3) is 2.18.